The molecule has 2 aromatic rings. The molecule has 0 aliphatic carbocycles. The lowest BCUT2D eigenvalue weighted by molar-refractivity contribution is 0.0518. The number of nitrogens with zero attached hydrogens (tertiary/aromatic N) is 5. The molecule has 2 heterocycles. The van der Waals surface area contributed by atoms with Gasteiger partial charge in [0.25, 0.3) is 0 Å². The molecule has 7 nitrogen and oxygen atoms in total. The lowest BCUT2D eigenvalue weighted by Gasteiger charge is -2.04. The summed E-state index contributed by atoms with van der Waals surface area (Å²) in [6.45, 7) is 4.56. The van der Waals surface area contributed by atoms with Crippen molar-refractivity contribution in [1.82, 2.24) is 24.8 Å². The van der Waals surface area contributed by atoms with Gasteiger partial charge in [0, 0.05) is 31.9 Å². The van der Waals surface area contributed by atoms with Crippen molar-refractivity contribution in [3.05, 3.63) is 29.3 Å². The maximum Gasteiger partial charge on any atom is 0.360 e. The van der Waals surface area contributed by atoms with Crippen LogP contribution in [0.5, 0.6) is 0 Å². The second kappa shape index (κ2) is 5.64. The molecule has 0 saturated carbocycles. The molecule has 2 aromatic heterocycles. The van der Waals surface area contributed by atoms with Gasteiger partial charge >= 0.3 is 5.97 Å². The molecule has 0 bridgehead atoms. The summed E-state index contributed by atoms with van der Waals surface area (Å²) in [5.41, 5.74) is 2.11. The Morgan fingerprint density at radius 2 is 2.26 bits per heavy atom. The first-order valence-electron chi connectivity index (χ1n) is 6.17. The predicted molar refractivity (Wildman–Crippen MR) is 67.6 cm³/mol. The summed E-state index contributed by atoms with van der Waals surface area (Å²) in [5, 5.41) is 12.0. The zero-order chi connectivity index (χ0) is 13.8. The average molecular weight is 263 g/mol. The van der Waals surface area contributed by atoms with Gasteiger partial charge in [-0.3, -0.25) is 4.68 Å². The molecule has 19 heavy (non-hydrogen) atoms. The third-order valence-corrected chi connectivity index (χ3v) is 2.95. The third kappa shape index (κ3) is 2.81. The van der Waals surface area contributed by atoms with E-state index in [9.17, 15) is 4.79 Å². The van der Waals surface area contributed by atoms with Crippen molar-refractivity contribution < 1.29 is 9.53 Å². The van der Waals surface area contributed by atoms with E-state index in [2.05, 4.69) is 15.4 Å². The smallest absolute Gasteiger partial charge is 0.360 e. The van der Waals surface area contributed by atoms with E-state index in [1.54, 1.807) is 17.8 Å². The van der Waals surface area contributed by atoms with Gasteiger partial charge in [0.2, 0.25) is 0 Å². The zero-order valence-corrected chi connectivity index (χ0v) is 11.3. The lowest BCUT2D eigenvalue weighted by Crippen LogP contribution is -2.10. The van der Waals surface area contributed by atoms with E-state index in [4.69, 9.17) is 4.74 Å². The summed E-state index contributed by atoms with van der Waals surface area (Å²) >= 11 is 0. The summed E-state index contributed by atoms with van der Waals surface area (Å²) < 4.78 is 8.45. The highest BCUT2D eigenvalue weighted by molar-refractivity contribution is 5.88. The van der Waals surface area contributed by atoms with Gasteiger partial charge in [-0.2, -0.15) is 5.10 Å². The number of aromatic nitrogens is 5. The second-order valence-electron chi connectivity index (χ2n) is 4.16. The van der Waals surface area contributed by atoms with Crippen LogP contribution in [-0.4, -0.2) is 37.4 Å². The molecule has 0 unspecified atom stereocenters. The molecule has 0 saturated heterocycles. The first-order valence-corrected chi connectivity index (χ1v) is 6.17. The third-order valence-electron chi connectivity index (χ3n) is 2.95. The molecular weight excluding hydrogens is 246 g/mol. The summed E-state index contributed by atoms with van der Waals surface area (Å²) in [6.07, 6.45) is 2.54. The predicted octanol–water partition coefficient (Wildman–Crippen LogP) is 0.739. The van der Waals surface area contributed by atoms with Crippen molar-refractivity contribution in [3.8, 4) is 0 Å². The summed E-state index contributed by atoms with van der Waals surface area (Å²) in [7, 11) is 1.90. The van der Waals surface area contributed by atoms with Gasteiger partial charge in [0.1, 0.15) is 0 Å². The van der Waals surface area contributed by atoms with Crippen LogP contribution in [0, 0.1) is 6.92 Å². The van der Waals surface area contributed by atoms with Gasteiger partial charge in [-0.15, -0.1) is 5.10 Å². The van der Waals surface area contributed by atoms with Crippen molar-refractivity contribution in [1.29, 1.82) is 0 Å². The van der Waals surface area contributed by atoms with Gasteiger partial charge in [-0.05, 0) is 19.9 Å². The minimum atomic E-state index is -0.424. The molecule has 102 valence electrons. The molecule has 0 amide bonds. The summed E-state index contributed by atoms with van der Waals surface area (Å²) in [5.74, 6) is -0.424. The molecule has 0 aliphatic rings. The number of aryl methyl sites for hydroxylation is 3. The van der Waals surface area contributed by atoms with E-state index in [-0.39, 0.29) is 5.69 Å². The van der Waals surface area contributed by atoms with Crippen molar-refractivity contribution >= 4 is 5.97 Å². The van der Waals surface area contributed by atoms with Gasteiger partial charge in [-0.25, -0.2) is 9.48 Å². The van der Waals surface area contributed by atoms with Crippen molar-refractivity contribution in [2.45, 2.75) is 26.8 Å². The minimum Gasteiger partial charge on any atom is -0.461 e. The van der Waals surface area contributed by atoms with Crippen molar-refractivity contribution in [3.63, 3.8) is 0 Å². The number of carbonyl (C=O) groups is 1. The van der Waals surface area contributed by atoms with Crippen LogP contribution < -0.4 is 0 Å². The van der Waals surface area contributed by atoms with Crippen LogP contribution in [0.15, 0.2) is 12.3 Å². The van der Waals surface area contributed by atoms with Crippen LogP contribution in [-0.2, 0) is 24.8 Å². The molecule has 0 atom stereocenters. The standard InChI is InChI=1S/C12H17N5O2/c1-4-19-12(18)11-9(2)17(15-14-11)8-6-10-5-7-13-16(10)3/h5,7H,4,6,8H2,1-3H3. The van der Waals surface area contributed by atoms with E-state index in [0.29, 0.717) is 13.2 Å². The van der Waals surface area contributed by atoms with Crippen LogP contribution in [0.4, 0.5) is 0 Å². The molecule has 0 aromatic carbocycles. The van der Waals surface area contributed by atoms with Gasteiger partial charge in [0.15, 0.2) is 5.69 Å². The topological polar surface area (TPSA) is 74.8 Å². The first kappa shape index (κ1) is 13.3. The molecule has 0 aliphatic heterocycles. The largest absolute Gasteiger partial charge is 0.461 e. The molecule has 0 spiro atoms. The fourth-order valence-electron chi connectivity index (χ4n) is 1.83. The van der Waals surface area contributed by atoms with Crippen LogP contribution in [0.1, 0.15) is 28.8 Å². The van der Waals surface area contributed by atoms with E-state index in [1.807, 2.05) is 24.7 Å². The molecule has 0 radical (unpaired) electrons. The zero-order valence-electron chi connectivity index (χ0n) is 11.3. The maximum absolute atomic E-state index is 11.6. The molecular formula is C12H17N5O2. The number of rotatable bonds is 5. The number of ether oxygens (including phenoxy) is 1. The molecule has 0 fully saturated rings. The summed E-state index contributed by atoms with van der Waals surface area (Å²) in [6, 6.07) is 1.96. The molecule has 0 N–H and O–H groups in total. The van der Waals surface area contributed by atoms with Crippen LogP contribution in [0.2, 0.25) is 0 Å². The Bertz CT molecular complexity index is 572. The van der Waals surface area contributed by atoms with Gasteiger partial charge in [-0.1, -0.05) is 5.21 Å². The number of esters is 1. The number of hydrogen-bond donors (Lipinski definition) is 0. The Labute approximate surface area is 111 Å². The van der Waals surface area contributed by atoms with E-state index < -0.39 is 5.97 Å². The maximum atomic E-state index is 11.6. The highest BCUT2D eigenvalue weighted by atomic mass is 16.5. The van der Waals surface area contributed by atoms with Gasteiger partial charge < -0.3 is 4.74 Å². The van der Waals surface area contributed by atoms with Crippen molar-refractivity contribution in [2.24, 2.45) is 7.05 Å². The monoisotopic (exact) mass is 263 g/mol. The Hall–Kier alpha value is -2.18. The van der Waals surface area contributed by atoms with Gasteiger partial charge in [0.05, 0.1) is 12.3 Å². The number of hydrogen-bond acceptors (Lipinski definition) is 5. The fourth-order valence-corrected chi connectivity index (χ4v) is 1.83. The summed E-state index contributed by atoms with van der Waals surface area (Å²) in [4.78, 5) is 11.6. The quantitative estimate of drug-likeness (QED) is 0.744. The van der Waals surface area contributed by atoms with Crippen molar-refractivity contribution in [2.75, 3.05) is 6.61 Å². The Kier molecular flexibility index (Phi) is 3.94. The molecule has 2 rings (SSSR count). The Balaban J connectivity index is 2.06. The normalized spacial score (nSPS) is 10.7. The van der Waals surface area contributed by atoms with E-state index in [1.165, 1.54) is 0 Å². The average Bonchev–Trinajstić information content (AvgIpc) is 2.94. The molecule has 7 heteroatoms. The van der Waals surface area contributed by atoms with Crippen LogP contribution >= 0.6 is 0 Å². The van der Waals surface area contributed by atoms with Crippen LogP contribution in [0.25, 0.3) is 0 Å². The fraction of sp³-hybridized carbons (Fsp3) is 0.500. The highest BCUT2D eigenvalue weighted by Crippen LogP contribution is 2.07. The van der Waals surface area contributed by atoms with Crippen LogP contribution in [0.3, 0.4) is 0 Å². The second-order valence-corrected chi connectivity index (χ2v) is 4.16. The Morgan fingerprint density at radius 3 is 2.89 bits per heavy atom. The minimum absolute atomic E-state index is 0.284. The first-order chi connectivity index (χ1) is 9.13. The van der Waals surface area contributed by atoms with E-state index in [0.717, 1.165) is 17.8 Å². The highest BCUT2D eigenvalue weighted by Gasteiger charge is 2.17. The van der Waals surface area contributed by atoms with E-state index >= 15 is 0 Å². The number of carbonyl (C=O) groups excluding carboxylic acids is 1. The SMILES string of the molecule is CCOC(=O)c1nnn(CCc2ccnn2C)c1C. The lowest BCUT2D eigenvalue weighted by atomic mass is 10.3. The Morgan fingerprint density at radius 1 is 1.47 bits per heavy atom.